The second-order valence-corrected chi connectivity index (χ2v) is 2.60. The number of hydrogen-bond acceptors (Lipinski definition) is 1. The van der Waals surface area contributed by atoms with Gasteiger partial charge >= 0.3 is 0 Å². The minimum Gasteiger partial charge on any atom is -0.276 e. The Bertz CT molecular complexity index is 154. The van der Waals surface area contributed by atoms with Crippen molar-refractivity contribution in [1.82, 2.24) is 0 Å². The number of aliphatic imine (C=N–C) groups is 1. The molecule has 0 saturated carbocycles. The molecule has 52 valence electrons. The van der Waals surface area contributed by atoms with Gasteiger partial charge in [0.2, 0.25) is 0 Å². The number of nitrogens with zero attached hydrogens (tertiary/aromatic N) is 1. The lowest BCUT2D eigenvalue weighted by molar-refractivity contribution is 1.41. The van der Waals surface area contributed by atoms with E-state index in [1.165, 1.54) is 0 Å². The molecule has 0 aromatic rings. The van der Waals surface area contributed by atoms with Crippen molar-refractivity contribution in [3.8, 4) is 0 Å². The maximum Gasteiger partial charge on any atom is 0.127 e. The van der Waals surface area contributed by atoms with Crippen LogP contribution in [-0.2, 0) is 0 Å². The highest BCUT2D eigenvalue weighted by Gasteiger charge is 1.97. The molecule has 3 heteroatoms. The summed E-state index contributed by atoms with van der Waals surface area (Å²) in [4.78, 5) is 3.75. The normalized spacial score (nSPS) is 15.4. The molecule has 0 aliphatic carbocycles. The Morgan fingerprint density at radius 3 is 1.78 bits per heavy atom. The average Bonchev–Trinajstić information content (AvgIpc) is 1.84. The first-order chi connectivity index (χ1) is 4.09. The predicted molar refractivity (Wildman–Crippen MR) is 43.4 cm³/mol. The van der Waals surface area contributed by atoms with Gasteiger partial charge in [0.15, 0.2) is 0 Å². The minimum atomic E-state index is 0.475. The Balaban J connectivity index is 4.40. The molecular weight excluding hydrogens is 157 g/mol. The largest absolute Gasteiger partial charge is 0.276 e. The molecule has 0 aromatic carbocycles. The molecule has 9 heavy (non-hydrogen) atoms. The molecule has 0 aliphatic rings. The van der Waals surface area contributed by atoms with Gasteiger partial charge in [-0.3, -0.25) is 4.99 Å². The van der Waals surface area contributed by atoms with Crippen LogP contribution in [0.1, 0.15) is 13.8 Å². The number of hydrogen-bond donors (Lipinski definition) is 0. The summed E-state index contributed by atoms with van der Waals surface area (Å²) in [5.41, 5.74) is 0.834. The summed E-state index contributed by atoms with van der Waals surface area (Å²) in [7, 11) is 1.63. The highest BCUT2D eigenvalue weighted by atomic mass is 35.5. The fraction of sp³-hybridized carbons (Fsp3) is 0.500. The Morgan fingerprint density at radius 1 is 1.22 bits per heavy atom. The first-order valence-electron chi connectivity index (χ1n) is 2.55. The molecule has 0 unspecified atom stereocenters. The highest BCUT2D eigenvalue weighted by molar-refractivity contribution is 6.70. The van der Waals surface area contributed by atoms with Crippen LogP contribution in [0.2, 0.25) is 0 Å². The molecule has 0 saturated heterocycles. The van der Waals surface area contributed by atoms with Crippen LogP contribution in [0.15, 0.2) is 15.6 Å². The molecule has 0 rings (SSSR count). The second kappa shape index (κ2) is 3.91. The first kappa shape index (κ1) is 8.99. The summed E-state index contributed by atoms with van der Waals surface area (Å²) < 4.78 is 0. The molecule has 0 N–H and O–H groups in total. The van der Waals surface area contributed by atoms with Crippen LogP contribution in [0.5, 0.6) is 0 Å². The maximum atomic E-state index is 5.62. The smallest absolute Gasteiger partial charge is 0.127 e. The zero-order valence-electron chi connectivity index (χ0n) is 5.70. The van der Waals surface area contributed by atoms with E-state index in [0.29, 0.717) is 10.2 Å². The summed E-state index contributed by atoms with van der Waals surface area (Å²) in [5, 5.41) is 1.16. The Hall–Kier alpha value is -0.0100. The SMILES string of the molecule is CN=C(Cl)/C(C)=C(\C)Cl. The summed E-state index contributed by atoms with van der Waals surface area (Å²) >= 11 is 11.2. The Kier molecular flexibility index (Phi) is 3.91. The van der Waals surface area contributed by atoms with Crippen molar-refractivity contribution in [2.45, 2.75) is 13.8 Å². The number of allylic oxidation sites excluding steroid dienone is 2. The van der Waals surface area contributed by atoms with Gasteiger partial charge in [-0.25, -0.2) is 0 Å². The summed E-state index contributed by atoms with van der Waals surface area (Å²) in [6, 6.07) is 0. The van der Waals surface area contributed by atoms with E-state index in [1.54, 1.807) is 14.0 Å². The third-order valence-electron chi connectivity index (χ3n) is 1.02. The number of halogens is 2. The second-order valence-electron chi connectivity index (χ2n) is 1.67. The molecule has 0 amide bonds. The van der Waals surface area contributed by atoms with Crippen LogP contribution in [0.4, 0.5) is 0 Å². The monoisotopic (exact) mass is 165 g/mol. The van der Waals surface area contributed by atoms with Crippen LogP contribution < -0.4 is 0 Å². The molecule has 0 heterocycles. The van der Waals surface area contributed by atoms with E-state index in [1.807, 2.05) is 6.92 Å². The summed E-state index contributed by atoms with van der Waals surface area (Å²) in [6.45, 7) is 3.61. The summed E-state index contributed by atoms with van der Waals surface area (Å²) in [5.74, 6) is 0. The topological polar surface area (TPSA) is 12.4 Å². The van der Waals surface area contributed by atoms with Gasteiger partial charge in [0.25, 0.3) is 0 Å². The molecule has 0 radical (unpaired) electrons. The van der Waals surface area contributed by atoms with Crippen molar-refractivity contribution in [2.24, 2.45) is 4.99 Å². The van der Waals surface area contributed by atoms with Crippen LogP contribution in [0.3, 0.4) is 0 Å². The zero-order chi connectivity index (χ0) is 7.44. The molecule has 0 fully saturated rings. The molecule has 0 bridgehead atoms. The van der Waals surface area contributed by atoms with Gasteiger partial charge in [-0.1, -0.05) is 23.2 Å². The average molecular weight is 166 g/mol. The van der Waals surface area contributed by atoms with Gasteiger partial charge in [0, 0.05) is 17.7 Å². The van der Waals surface area contributed by atoms with Gasteiger partial charge in [0.05, 0.1) is 0 Å². The van der Waals surface area contributed by atoms with Gasteiger partial charge in [-0.05, 0) is 13.8 Å². The van der Waals surface area contributed by atoms with E-state index >= 15 is 0 Å². The van der Waals surface area contributed by atoms with Crippen molar-refractivity contribution >= 4 is 28.4 Å². The van der Waals surface area contributed by atoms with Crippen LogP contribution >= 0.6 is 23.2 Å². The van der Waals surface area contributed by atoms with E-state index in [2.05, 4.69) is 4.99 Å². The van der Waals surface area contributed by atoms with Crippen molar-refractivity contribution in [3.63, 3.8) is 0 Å². The van der Waals surface area contributed by atoms with E-state index in [0.717, 1.165) is 5.57 Å². The third kappa shape index (κ3) is 2.87. The van der Waals surface area contributed by atoms with Crippen LogP contribution in [0, 0.1) is 0 Å². The fourth-order valence-corrected chi connectivity index (χ4v) is 0.589. The Morgan fingerprint density at radius 2 is 1.67 bits per heavy atom. The first-order valence-corrected chi connectivity index (χ1v) is 3.30. The maximum absolute atomic E-state index is 5.62. The lowest BCUT2D eigenvalue weighted by Gasteiger charge is -1.95. The van der Waals surface area contributed by atoms with Crippen LogP contribution in [0.25, 0.3) is 0 Å². The standard InChI is InChI=1S/C6H9Cl2N/c1-4(5(2)7)6(8)9-3/h1-3H3/b5-4+,9-6?. The van der Waals surface area contributed by atoms with E-state index in [9.17, 15) is 0 Å². The molecule has 0 atom stereocenters. The van der Waals surface area contributed by atoms with Gasteiger partial charge in [0.1, 0.15) is 5.17 Å². The van der Waals surface area contributed by atoms with Gasteiger partial charge < -0.3 is 0 Å². The third-order valence-corrected chi connectivity index (χ3v) is 1.76. The van der Waals surface area contributed by atoms with Gasteiger partial charge in [-0.2, -0.15) is 0 Å². The molecule has 0 aromatic heterocycles. The quantitative estimate of drug-likeness (QED) is 0.531. The lowest BCUT2D eigenvalue weighted by Crippen LogP contribution is -1.89. The lowest BCUT2D eigenvalue weighted by atomic mass is 10.3. The van der Waals surface area contributed by atoms with Crippen molar-refractivity contribution in [3.05, 3.63) is 10.6 Å². The fourth-order valence-electron chi connectivity index (χ4n) is 0.310. The number of rotatable bonds is 1. The molecule has 1 nitrogen and oxygen atoms in total. The molecule has 0 spiro atoms. The molecule has 0 aliphatic heterocycles. The van der Waals surface area contributed by atoms with Crippen LogP contribution in [-0.4, -0.2) is 12.2 Å². The zero-order valence-corrected chi connectivity index (χ0v) is 7.22. The molecular formula is C6H9Cl2N. The van der Waals surface area contributed by atoms with Crippen molar-refractivity contribution in [2.75, 3.05) is 7.05 Å². The van der Waals surface area contributed by atoms with Gasteiger partial charge in [-0.15, -0.1) is 0 Å². The van der Waals surface area contributed by atoms with Crippen molar-refractivity contribution < 1.29 is 0 Å². The predicted octanol–water partition coefficient (Wildman–Crippen LogP) is 2.79. The van der Waals surface area contributed by atoms with Crippen molar-refractivity contribution in [1.29, 1.82) is 0 Å². The highest BCUT2D eigenvalue weighted by Crippen LogP contribution is 2.11. The summed E-state index contributed by atoms with van der Waals surface area (Å²) in [6.07, 6.45) is 0. The van der Waals surface area contributed by atoms with E-state index in [-0.39, 0.29) is 0 Å². The minimum absolute atomic E-state index is 0.475. The van der Waals surface area contributed by atoms with E-state index in [4.69, 9.17) is 23.2 Å². The Labute approximate surface area is 65.4 Å². The van der Waals surface area contributed by atoms with E-state index < -0.39 is 0 Å².